The lowest BCUT2D eigenvalue weighted by atomic mass is 9.99. The highest BCUT2D eigenvalue weighted by Gasteiger charge is 2.10. The first-order valence-electron chi connectivity index (χ1n) is 5.54. The maximum atomic E-state index is 5.34. The summed E-state index contributed by atoms with van der Waals surface area (Å²) >= 11 is 0. The molecule has 0 aliphatic carbocycles. The number of ether oxygens (including phenoxy) is 1. The lowest BCUT2D eigenvalue weighted by Gasteiger charge is -2.18. The fourth-order valence-electron chi connectivity index (χ4n) is 1.79. The van der Waals surface area contributed by atoms with Crippen molar-refractivity contribution >= 4 is 0 Å². The maximum Gasteiger partial charge on any atom is 0.122 e. The zero-order valence-electron chi connectivity index (χ0n) is 10.6. The predicted octanol–water partition coefficient (Wildman–Crippen LogP) is 3.23. The first-order chi connectivity index (χ1) is 7.58. The van der Waals surface area contributed by atoms with Crippen LogP contribution in [0.5, 0.6) is 5.75 Å². The molecule has 0 aliphatic heterocycles. The van der Waals surface area contributed by atoms with E-state index in [1.165, 1.54) is 11.1 Å². The van der Waals surface area contributed by atoms with Crippen LogP contribution < -0.4 is 10.1 Å². The molecule has 88 valence electrons. The van der Waals surface area contributed by atoms with E-state index in [0.29, 0.717) is 6.04 Å². The smallest absolute Gasteiger partial charge is 0.122 e. The van der Waals surface area contributed by atoms with Gasteiger partial charge >= 0.3 is 0 Å². The second kappa shape index (κ2) is 5.71. The van der Waals surface area contributed by atoms with Gasteiger partial charge in [0.05, 0.1) is 7.11 Å². The average Bonchev–Trinajstić information content (AvgIpc) is 2.26. The van der Waals surface area contributed by atoms with Crippen molar-refractivity contribution in [3.8, 4) is 5.75 Å². The first-order valence-corrected chi connectivity index (χ1v) is 5.54. The van der Waals surface area contributed by atoms with E-state index in [9.17, 15) is 0 Å². The van der Waals surface area contributed by atoms with E-state index in [2.05, 4.69) is 43.9 Å². The second-order valence-corrected chi connectivity index (χ2v) is 4.23. The third-order valence-electron chi connectivity index (χ3n) is 2.74. The Balaban J connectivity index is 2.96. The second-order valence-electron chi connectivity index (χ2n) is 4.23. The van der Waals surface area contributed by atoms with Crippen molar-refractivity contribution in [2.24, 2.45) is 0 Å². The molecular weight excluding hydrogens is 198 g/mol. The van der Waals surface area contributed by atoms with Gasteiger partial charge in [0, 0.05) is 6.04 Å². The summed E-state index contributed by atoms with van der Waals surface area (Å²) in [6, 6.07) is 6.64. The molecule has 1 atom stereocenters. The summed E-state index contributed by atoms with van der Waals surface area (Å²) in [4.78, 5) is 0. The number of methoxy groups -OCH3 is 1. The molecule has 1 N–H and O–H groups in total. The molecule has 0 saturated heterocycles. The van der Waals surface area contributed by atoms with Crippen molar-refractivity contribution in [1.82, 2.24) is 5.32 Å². The Kier molecular flexibility index (Phi) is 4.56. The van der Waals surface area contributed by atoms with E-state index in [0.717, 1.165) is 17.7 Å². The molecule has 0 aromatic heterocycles. The molecule has 1 aromatic carbocycles. The highest BCUT2D eigenvalue weighted by Crippen LogP contribution is 2.26. The molecule has 0 radical (unpaired) electrons. The van der Waals surface area contributed by atoms with Crippen LogP contribution in [0, 0.1) is 6.92 Å². The van der Waals surface area contributed by atoms with Crippen LogP contribution in [0.3, 0.4) is 0 Å². The molecule has 0 fully saturated rings. The lowest BCUT2D eigenvalue weighted by molar-refractivity contribution is 0.410. The van der Waals surface area contributed by atoms with Crippen LogP contribution in [0.2, 0.25) is 0 Å². The fraction of sp³-hybridized carbons (Fsp3) is 0.429. The molecule has 0 aliphatic rings. The third-order valence-corrected chi connectivity index (χ3v) is 2.74. The van der Waals surface area contributed by atoms with Gasteiger partial charge < -0.3 is 10.1 Å². The van der Waals surface area contributed by atoms with Gasteiger partial charge in [-0.25, -0.2) is 0 Å². The summed E-state index contributed by atoms with van der Waals surface area (Å²) in [6.45, 7) is 8.06. The zero-order valence-corrected chi connectivity index (χ0v) is 10.6. The van der Waals surface area contributed by atoms with Crippen LogP contribution in [-0.2, 0) is 0 Å². The van der Waals surface area contributed by atoms with Gasteiger partial charge in [0.1, 0.15) is 5.75 Å². The van der Waals surface area contributed by atoms with E-state index >= 15 is 0 Å². The van der Waals surface area contributed by atoms with Gasteiger partial charge in [-0.1, -0.05) is 17.7 Å². The molecule has 1 unspecified atom stereocenters. The normalized spacial score (nSPS) is 12.2. The molecule has 0 amide bonds. The number of nitrogens with one attached hydrogen (secondary N) is 1. The summed E-state index contributed by atoms with van der Waals surface area (Å²) in [5.41, 5.74) is 3.59. The van der Waals surface area contributed by atoms with Crippen LogP contribution in [0.25, 0.3) is 0 Å². The van der Waals surface area contributed by atoms with Crippen LogP contribution in [0.4, 0.5) is 0 Å². The van der Waals surface area contributed by atoms with Gasteiger partial charge in [-0.3, -0.25) is 0 Å². The molecule has 0 heterocycles. The van der Waals surface area contributed by atoms with Gasteiger partial charge in [0.2, 0.25) is 0 Å². The molecule has 0 bridgehead atoms. The van der Waals surface area contributed by atoms with E-state index in [1.54, 1.807) is 7.11 Å². The van der Waals surface area contributed by atoms with Gasteiger partial charge in [-0.2, -0.15) is 0 Å². The molecule has 0 saturated carbocycles. The summed E-state index contributed by atoms with van der Waals surface area (Å²) in [5.74, 6) is 0.944. The quantitative estimate of drug-likeness (QED) is 0.768. The minimum absolute atomic E-state index is 0.312. The van der Waals surface area contributed by atoms with E-state index in [4.69, 9.17) is 4.74 Å². The van der Waals surface area contributed by atoms with E-state index in [1.807, 2.05) is 7.05 Å². The standard InChI is InChI=1S/C14H21NO/c1-10(2)8-13(15-4)12-7-6-11(3)14(9-12)16-5/h6-7,9,13,15H,1,8H2,2-5H3. The molecule has 0 spiro atoms. The van der Waals surface area contributed by atoms with Crippen molar-refractivity contribution < 1.29 is 4.74 Å². The monoisotopic (exact) mass is 219 g/mol. The van der Waals surface area contributed by atoms with Crippen LogP contribution >= 0.6 is 0 Å². The van der Waals surface area contributed by atoms with Crippen LogP contribution in [0.15, 0.2) is 30.4 Å². The van der Waals surface area contributed by atoms with Gasteiger partial charge in [0.15, 0.2) is 0 Å². The van der Waals surface area contributed by atoms with Crippen molar-refractivity contribution in [3.05, 3.63) is 41.5 Å². The minimum Gasteiger partial charge on any atom is -0.496 e. The largest absolute Gasteiger partial charge is 0.496 e. The van der Waals surface area contributed by atoms with Crippen molar-refractivity contribution in [2.75, 3.05) is 14.2 Å². The van der Waals surface area contributed by atoms with Crippen LogP contribution in [0.1, 0.15) is 30.5 Å². The zero-order chi connectivity index (χ0) is 12.1. The summed E-state index contributed by atoms with van der Waals surface area (Å²) in [7, 11) is 3.68. The minimum atomic E-state index is 0.312. The molecule has 2 nitrogen and oxygen atoms in total. The molecule has 1 aromatic rings. The highest BCUT2D eigenvalue weighted by atomic mass is 16.5. The Morgan fingerprint density at radius 1 is 1.50 bits per heavy atom. The van der Waals surface area contributed by atoms with Gasteiger partial charge in [0.25, 0.3) is 0 Å². The SMILES string of the molecule is C=C(C)CC(NC)c1ccc(C)c(OC)c1. The topological polar surface area (TPSA) is 21.3 Å². The number of benzene rings is 1. The van der Waals surface area contributed by atoms with Gasteiger partial charge in [-0.05, 0) is 44.5 Å². The van der Waals surface area contributed by atoms with E-state index in [-0.39, 0.29) is 0 Å². The number of rotatable bonds is 5. The van der Waals surface area contributed by atoms with Crippen LogP contribution in [-0.4, -0.2) is 14.2 Å². The number of hydrogen-bond donors (Lipinski definition) is 1. The highest BCUT2D eigenvalue weighted by molar-refractivity contribution is 5.38. The number of aryl methyl sites for hydroxylation is 1. The summed E-state index contributed by atoms with van der Waals surface area (Å²) in [5, 5.41) is 3.30. The average molecular weight is 219 g/mol. The molecule has 2 heteroatoms. The number of hydrogen-bond acceptors (Lipinski definition) is 2. The van der Waals surface area contributed by atoms with E-state index < -0.39 is 0 Å². The van der Waals surface area contributed by atoms with Crippen molar-refractivity contribution in [3.63, 3.8) is 0 Å². The lowest BCUT2D eigenvalue weighted by Crippen LogP contribution is -2.16. The first kappa shape index (κ1) is 12.8. The summed E-state index contributed by atoms with van der Waals surface area (Å²) < 4.78 is 5.34. The Morgan fingerprint density at radius 3 is 2.69 bits per heavy atom. The Morgan fingerprint density at radius 2 is 2.19 bits per heavy atom. The van der Waals surface area contributed by atoms with Crippen molar-refractivity contribution in [1.29, 1.82) is 0 Å². The maximum absolute atomic E-state index is 5.34. The Bertz CT molecular complexity index is 371. The van der Waals surface area contributed by atoms with Gasteiger partial charge in [-0.15, -0.1) is 6.58 Å². The molecular formula is C14H21NO. The fourth-order valence-corrected chi connectivity index (χ4v) is 1.79. The third kappa shape index (κ3) is 3.11. The Labute approximate surface area is 98.3 Å². The predicted molar refractivity (Wildman–Crippen MR) is 69.0 cm³/mol. The van der Waals surface area contributed by atoms with Crippen molar-refractivity contribution in [2.45, 2.75) is 26.3 Å². The Hall–Kier alpha value is -1.28. The molecule has 1 rings (SSSR count). The summed E-state index contributed by atoms with van der Waals surface area (Å²) in [6.07, 6.45) is 0.947. The molecule has 16 heavy (non-hydrogen) atoms.